The highest BCUT2D eigenvalue weighted by Crippen LogP contribution is 2.38. The molecule has 1 aliphatic rings. The Morgan fingerprint density at radius 2 is 1.91 bits per heavy atom. The standard InChI is InChI=1S/C28H28ClFN2O3/c1-18(2)13-27(34)32-12-11-19-9-10-24(16-25(19)28(32)20-5-3-7-22(30)14-20)35-17-26(33)31-23-8-4-6-21(29)15-23/h3-10,14-16,18,28H,11-13,17H2,1-2H3,(H,31,33)/t28-/m1/s1. The molecule has 0 radical (unpaired) electrons. The quantitative estimate of drug-likeness (QED) is 0.437. The first-order valence-electron chi connectivity index (χ1n) is 11.7. The second kappa shape index (κ2) is 10.9. The van der Waals surface area contributed by atoms with Gasteiger partial charge < -0.3 is 15.0 Å². The minimum absolute atomic E-state index is 0.0344. The SMILES string of the molecule is CC(C)CC(=O)N1CCc2ccc(OCC(=O)Nc3cccc(Cl)c3)cc2[C@H]1c1cccc(F)c1. The monoisotopic (exact) mass is 494 g/mol. The number of halogens is 2. The maximum atomic E-state index is 14.1. The van der Waals surface area contributed by atoms with Crippen molar-refractivity contribution in [3.8, 4) is 5.75 Å². The van der Waals surface area contributed by atoms with Crippen LogP contribution in [0.2, 0.25) is 5.02 Å². The molecule has 1 aliphatic heterocycles. The van der Waals surface area contributed by atoms with Crippen LogP contribution in [-0.2, 0) is 16.0 Å². The van der Waals surface area contributed by atoms with Crippen molar-refractivity contribution >= 4 is 29.1 Å². The van der Waals surface area contributed by atoms with Crippen molar-refractivity contribution < 1.29 is 18.7 Å². The number of hydrogen-bond acceptors (Lipinski definition) is 3. The Morgan fingerprint density at radius 3 is 2.66 bits per heavy atom. The predicted molar refractivity (Wildman–Crippen MR) is 135 cm³/mol. The number of hydrogen-bond donors (Lipinski definition) is 1. The summed E-state index contributed by atoms with van der Waals surface area (Å²) in [7, 11) is 0. The smallest absolute Gasteiger partial charge is 0.262 e. The molecule has 0 fully saturated rings. The van der Waals surface area contributed by atoms with Crippen molar-refractivity contribution in [1.29, 1.82) is 0 Å². The zero-order chi connectivity index (χ0) is 24.9. The molecule has 0 saturated carbocycles. The Labute approximate surface area is 209 Å². The summed E-state index contributed by atoms with van der Waals surface area (Å²) in [4.78, 5) is 27.3. The molecule has 1 heterocycles. The van der Waals surface area contributed by atoms with E-state index < -0.39 is 6.04 Å². The molecule has 0 unspecified atom stereocenters. The van der Waals surface area contributed by atoms with Gasteiger partial charge in [0.05, 0.1) is 6.04 Å². The Morgan fingerprint density at radius 1 is 1.11 bits per heavy atom. The van der Waals surface area contributed by atoms with E-state index in [1.165, 1.54) is 12.1 Å². The van der Waals surface area contributed by atoms with Crippen molar-refractivity contribution in [1.82, 2.24) is 4.90 Å². The molecule has 0 aliphatic carbocycles. The van der Waals surface area contributed by atoms with E-state index in [9.17, 15) is 14.0 Å². The fourth-order valence-electron chi connectivity index (χ4n) is 4.37. The lowest BCUT2D eigenvalue weighted by molar-refractivity contribution is -0.134. The van der Waals surface area contributed by atoms with E-state index in [-0.39, 0.29) is 30.2 Å². The normalized spacial score (nSPS) is 15.0. The van der Waals surface area contributed by atoms with Crippen LogP contribution in [0.4, 0.5) is 10.1 Å². The summed E-state index contributed by atoms with van der Waals surface area (Å²) in [6.07, 6.45) is 1.11. The molecular weight excluding hydrogens is 467 g/mol. The van der Waals surface area contributed by atoms with Crippen LogP contribution in [0.3, 0.4) is 0 Å². The van der Waals surface area contributed by atoms with Crippen LogP contribution in [0.25, 0.3) is 0 Å². The number of carbonyl (C=O) groups is 2. The maximum Gasteiger partial charge on any atom is 0.262 e. The minimum atomic E-state index is -0.426. The summed E-state index contributed by atoms with van der Waals surface area (Å²) in [6.45, 7) is 4.38. The number of rotatable bonds is 7. The van der Waals surface area contributed by atoms with Gasteiger partial charge in [0, 0.05) is 23.7 Å². The van der Waals surface area contributed by atoms with Crippen molar-refractivity contribution in [2.45, 2.75) is 32.7 Å². The molecule has 4 rings (SSSR count). The molecule has 3 aromatic carbocycles. The summed E-state index contributed by atoms with van der Waals surface area (Å²) in [5, 5.41) is 3.28. The fraction of sp³-hybridized carbons (Fsp3) is 0.286. The lowest BCUT2D eigenvalue weighted by Crippen LogP contribution is -2.41. The zero-order valence-corrected chi connectivity index (χ0v) is 20.5. The van der Waals surface area contributed by atoms with Crippen molar-refractivity contribution in [3.05, 3.63) is 94.3 Å². The summed E-state index contributed by atoms with van der Waals surface area (Å²) >= 11 is 5.97. The van der Waals surface area contributed by atoms with E-state index in [0.717, 1.165) is 11.1 Å². The number of benzene rings is 3. The molecular formula is C28H28ClFN2O3. The van der Waals surface area contributed by atoms with Crippen LogP contribution in [0, 0.1) is 11.7 Å². The molecule has 35 heavy (non-hydrogen) atoms. The fourth-order valence-corrected chi connectivity index (χ4v) is 4.56. The first-order chi connectivity index (χ1) is 16.8. The second-order valence-corrected chi connectivity index (χ2v) is 9.54. The van der Waals surface area contributed by atoms with E-state index in [1.807, 2.05) is 43.0 Å². The topological polar surface area (TPSA) is 58.6 Å². The number of nitrogens with zero attached hydrogens (tertiary/aromatic N) is 1. The average molecular weight is 495 g/mol. The van der Waals surface area contributed by atoms with Gasteiger partial charge in [-0.2, -0.15) is 0 Å². The van der Waals surface area contributed by atoms with Crippen LogP contribution in [0.15, 0.2) is 66.7 Å². The predicted octanol–water partition coefficient (Wildman–Crippen LogP) is 6.02. The number of anilines is 1. The van der Waals surface area contributed by atoms with E-state index >= 15 is 0 Å². The third kappa shape index (κ3) is 6.20. The van der Waals surface area contributed by atoms with Crippen molar-refractivity contribution in [3.63, 3.8) is 0 Å². The molecule has 0 bridgehead atoms. The van der Waals surface area contributed by atoms with E-state index in [4.69, 9.17) is 16.3 Å². The maximum absolute atomic E-state index is 14.1. The Balaban J connectivity index is 1.57. The van der Waals surface area contributed by atoms with Crippen molar-refractivity contribution in [2.24, 2.45) is 5.92 Å². The van der Waals surface area contributed by atoms with Gasteiger partial charge in [-0.3, -0.25) is 9.59 Å². The number of amides is 2. The molecule has 7 heteroatoms. The summed E-state index contributed by atoms with van der Waals surface area (Å²) < 4.78 is 19.9. The Hall–Kier alpha value is -3.38. The number of ether oxygens (including phenoxy) is 1. The molecule has 182 valence electrons. The van der Waals surface area contributed by atoms with Gasteiger partial charge >= 0.3 is 0 Å². The third-order valence-electron chi connectivity index (χ3n) is 5.89. The molecule has 5 nitrogen and oxygen atoms in total. The van der Waals surface area contributed by atoms with E-state index in [1.54, 1.807) is 30.3 Å². The Bertz CT molecular complexity index is 1230. The van der Waals surface area contributed by atoms with Gasteiger partial charge in [0.2, 0.25) is 5.91 Å². The molecule has 0 aromatic heterocycles. The lowest BCUT2D eigenvalue weighted by atomic mass is 9.87. The highest BCUT2D eigenvalue weighted by molar-refractivity contribution is 6.30. The van der Waals surface area contributed by atoms with Crippen LogP contribution in [0.1, 0.15) is 43.0 Å². The first kappa shape index (κ1) is 24.7. The van der Waals surface area contributed by atoms with Gasteiger partial charge in [0.15, 0.2) is 6.61 Å². The van der Waals surface area contributed by atoms with Gasteiger partial charge in [0.25, 0.3) is 5.91 Å². The van der Waals surface area contributed by atoms with E-state index in [0.29, 0.717) is 41.4 Å². The third-order valence-corrected chi connectivity index (χ3v) is 6.13. The second-order valence-electron chi connectivity index (χ2n) is 9.10. The average Bonchev–Trinajstić information content (AvgIpc) is 2.81. The largest absolute Gasteiger partial charge is 0.484 e. The van der Waals surface area contributed by atoms with Crippen LogP contribution in [-0.4, -0.2) is 29.9 Å². The van der Waals surface area contributed by atoms with Crippen LogP contribution < -0.4 is 10.1 Å². The van der Waals surface area contributed by atoms with Gasteiger partial charge in [-0.15, -0.1) is 0 Å². The van der Waals surface area contributed by atoms with E-state index in [2.05, 4.69) is 5.32 Å². The first-order valence-corrected chi connectivity index (χ1v) is 12.0. The molecule has 0 spiro atoms. The lowest BCUT2D eigenvalue weighted by Gasteiger charge is -2.38. The number of nitrogens with one attached hydrogen (secondary N) is 1. The number of carbonyl (C=O) groups excluding carboxylic acids is 2. The molecule has 0 saturated heterocycles. The number of fused-ring (bicyclic) bond motifs is 1. The summed E-state index contributed by atoms with van der Waals surface area (Å²) in [5.41, 5.74) is 3.25. The van der Waals surface area contributed by atoms with Gasteiger partial charge in [0.1, 0.15) is 11.6 Å². The van der Waals surface area contributed by atoms with Gasteiger partial charge in [-0.25, -0.2) is 4.39 Å². The zero-order valence-electron chi connectivity index (χ0n) is 19.8. The summed E-state index contributed by atoms with van der Waals surface area (Å²) in [5.74, 6) is 0.0813. The summed E-state index contributed by atoms with van der Waals surface area (Å²) in [6, 6.07) is 18.4. The molecule has 1 N–H and O–H groups in total. The minimum Gasteiger partial charge on any atom is -0.484 e. The highest BCUT2D eigenvalue weighted by atomic mass is 35.5. The molecule has 1 atom stereocenters. The van der Waals surface area contributed by atoms with Gasteiger partial charge in [-0.1, -0.05) is 49.7 Å². The van der Waals surface area contributed by atoms with Gasteiger partial charge in [-0.05, 0) is 71.5 Å². The molecule has 3 aromatic rings. The Kier molecular flexibility index (Phi) is 7.71. The highest BCUT2D eigenvalue weighted by Gasteiger charge is 2.32. The van der Waals surface area contributed by atoms with Crippen LogP contribution >= 0.6 is 11.6 Å². The molecule has 2 amide bonds. The van der Waals surface area contributed by atoms with Crippen LogP contribution in [0.5, 0.6) is 5.75 Å². The van der Waals surface area contributed by atoms with Crippen molar-refractivity contribution in [2.75, 3.05) is 18.5 Å².